The van der Waals surface area contributed by atoms with Crippen LogP contribution in [0.4, 0.5) is 0 Å². The lowest BCUT2D eigenvalue weighted by molar-refractivity contribution is 0.187. The third-order valence-electron chi connectivity index (χ3n) is 0.963. The fraction of sp³-hybridized carbons (Fsp3) is 0.500. The van der Waals surface area contributed by atoms with Crippen LogP contribution in [0, 0.1) is 6.92 Å². The van der Waals surface area contributed by atoms with Crippen LogP contribution in [0.1, 0.15) is 10.6 Å². The van der Waals surface area contributed by atoms with E-state index in [1.807, 2.05) is 13.0 Å². The molecule has 0 N–H and O–H groups in total. The van der Waals surface area contributed by atoms with Gasteiger partial charge < -0.3 is 4.74 Å². The molecule has 0 saturated heterocycles. The first-order valence-electron chi connectivity index (χ1n) is 2.74. The lowest BCUT2D eigenvalue weighted by Crippen LogP contribution is -1.79. The molecule has 0 aliphatic rings. The Morgan fingerprint density at radius 3 is 3.00 bits per heavy atom. The quantitative estimate of drug-likeness (QED) is 0.627. The first kappa shape index (κ1) is 6.71. The summed E-state index contributed by atoms with van der Waals surface area (Å²) in [7, 11) is 1.69. The molecular formula is C6H9NOS. The fourth-order valence-corrected chi connectivity index (χ4v) is 1.33. The maximum absolute atomic E-state index is 4.91. The van der Waals surface area contributed by atoms with Crippen LogP contribution in [0.2, 0.25) is 0 Å². The lowest BCUT2D eigenvalue weighted by atomic mass is 10.4. The van der Waals surface area contributed by atoms with Crippen LogP contribution in [-0.4, -0.2) is 11.5 Å². The molecule has 1 aromatic heterocycles. The Morgan fingerprint density at radius 1 is 1.78 bits per heavy atom. The van der Waals surface area contributed by atoms with E-state index in [0.717, 1.165) is 5.69 Å². The van der Waals surface area contributed by atoms with Crippen molar-refractivity contribution in [2.45, 2.75) is 13.5 Å². The van der Waals surface area contributed by atoms with E-state index in [0.29, 0.717) is 6.61 Å². The molecule has 0 aromatic carbocycles. The number of rotatable bonds is 2. The van der Waals surface area contributed by atoms with Crippen LogP contribution in [0.15, 0.2) is 6.07 Å². The average molecular weight is 143 g/mol. The highest BCUT2D eigenvalue weighted by Crippen LogP contribution is 2.08. The largest absolute Gasteiger partial charge is 0.379 e. The minimum Gasteiger partial charge on any atom is -0.379 e. The number of nitrogens with zero attached hydrogens (tertiary/aromatic N) is 1. The zero-order valence-electron chi connectivity index (χ0n) is 5.55. The van der Waals surface area contributed by atoms with Crippen molar-refractivity contribution < 1.29 is 4.74 Å². The number of aryl methyl sites for hydroxylation is 1. The van der Waals surface area contributed by atoms with E-state index in [1.165, 1.54) is 16.4 Å². The molecule has 1 heterocycles. The van der Waals surface area contributed by atoms with Gasteiger partial charge in [0.05, 0.1) is 17.2 Å². The van der Waals surface area contributed by atoms with Gasteiger partial charge >= 0.3 is 0 Å². The van der Waals surface area contributed by atoms with Crippen LogP contribution >= 0.6 is 11.5 Å². The van der Waals surface area contributed by atoms with Crippen molar-refractivity contribution >= 4 is 11.5 Å². The van der Waals surface area contributed by atoms with Gasteiger partial charge in [0, 0.05) is 7.11 Å². The second-order valence-electron chi connectivity index (χ2n) is 1.87. The normalized spacial score (nSPS) is 10.0. The summed E-state index contributed by atoms with van der Waals surface area (Å²) in [6.07, 6.45) is 0. The predicted octanol–water partition coefficient (Wildman–Crippen LogP) is 1.60. The minimum absolute atomic E-state index is 0.686. The van der Waals surface area contributed by atoms with Gasteiger partial charge in [0.2, 0.25) is 0 Å². The average Bonchev–Trinajstić information content (AvgIpc) is 2.17. The molecule has 0 atom stereocenters. The number of aromatic nitrogens is 1. The summed E-state index contributed by atoms with van der Waals surface area (Å²) in [5.41, 5.74) is 1.08. The molecule has 50 valence electrons. The first-order chi connectivity index (χ1) is 4.33. The number of hydrogen-bond donors (Lipinski definition) is 0. The molecule has 1 rings (SSSR count). The first-order valence-corrected chi connectivity index (χ1v) is 3.51. The van der Waals surface area contributed by atoms with E-state index >= 15 is 0 Å². The van der Waals surface area contributed by atoms with Crippen molar-refractivity contribution in [3.8, 4) is 0 Å². The Morgan fingerprint density at radius 2 is 2.56 bits per heavy atom. The minimum atomic E-state index is 0.686. The van der Waals surface area contributed by atoms with Gasteiger partial charge in [-0.25, -0.2) is 0 Å². The predicted molar refractivity (Wildman–Crippen MR) is 37.6 cm³/mol. The second kappa shape index (κ2) is 2.94. The van der Waals surface area contributed by atoms with Crippen LogP contribution < -0.4 is 0 Å². The molecule has 0 amide bonds. The van der Waals surface area contributed by atoms with Crippen LogP contribution in [0.25, 0.3) is 0 Å². The Kier molecular flexibility index (Phi) is 2.19. The van der Waals surface area contributed by atoms with Gasteiger partial charge in [-0.05, 0) is 24.5 Å². The number of ether oxygens (including phenoxy) is 1. The van der Waals surface area contributed by atoms with Crippen molar-refractivity contribution in [3.63, 3.8) is 0 Å². The third-order valence-corrected chi connectivity index (χ3v) is 1.81. The summed E-state index contributed by atoms with van der Waals surface area (Å²) in [4.78, 5) is 1.19. The summed E-state index contributed by atoms with van der Waals surface area (Å²) in [5, 5.41) is 0. The molecule has 0 saturated carbocycles. The van der Waals surface area contributed by atoms with Crippen molar-refractivity contribution in [1.29, 1.82) is 0 Å². The van der Waals surface area contributed by atoms with Crippen molar-refractivity contribution in [2.75, 3.05) is 7.11 Å². The fourth-order valence-electron chi connectivity index (χ4n) is 0.627. The molecule has 0 spiro atoms. The Hall–Kier alpha value is -0.410. The molecule has 1 aromatic rings. The van der Waals surface area contributed by atoms with Gasteiger partial charge in [0.25, 0.3) is 0 Å². The van der Waals surface area contributed by atoms with Crippen molar-refractivity contribution in [1.82, 2.24) is 4.37 Å². The van der Waals surface area contributed by atoms with E-state index in [4.69, 9.17) is 4.74 Å². The van der Waals surface area contributed by atoms with E-state index in [2.05, 4.69) is 4.37 Å². The van der Waals surface area contributed by atoms with Gasteiger partial charge in [0.15, 0.2) is 0 Å². The molecule has 3 heteroatoms. The zero-order valence-corrected chi connectivity index (χ0v) is 6.36. The standard InChI is InChI=1S/C6H9NOS/c1-5-3-6(4-8-2)9-7-5/h3H,4H2,1-2H3. The summed E-state index contributed by atoms with van der Waals surface area (Å²) in [5.74, 6) is 0. The molecule has 0 fully saturated rings. The maximum Gasteiger partial charge on any atom is 0.0821 e. The highest BCUT2D eigenvalue weighted by molar-refractivity contribution is 7.05. The van der Waals surface area contributed by atoms with E-state index < -0.39 is 0 Å². The highest BCUT2D eigenvalue weighted by atomic mass is 32.1. The highest BCUT2D eigenvalue weighted by Gasteiger charge is 1.94. The SMILES string of the molecule is COCc1cc(C)ns1. The van der Waals surface area contributed by atoms with Crippen LogP contribution in [0.3, 0.4) is 0 Å². The topological polar surface area (TPSA) is 22.1 Å². The monoisotopic (exact) mass is 143 g/mol. The summed E-state index contributed by atoms with van der Waals surface area (Å²) >= 11 is 1.50. The Bertz CT molecular complexity index is 185. The number of methoxy groups -OCH3 is 1. The molecule has 9 heavy (non-hydrogen) atoms. The Balaban J connectivity index is 2.61. The van der Waals surface area contributed by atoms with Gasteiger partial charge in [0.1, 0.15) is 0 Å². The molecule has 2 nitrogen and oxygen atoms in total. The molecule has 0 unspecified atom stereocenters. The van der Waals surface area contributed by atoms with Gasteiger partial charge in [-0.2, -0.15) is 4.37 Å². The van der Waals surface area contributed by atoms with E-state index in [1.54, 1.807) is 7.11 Å². The van der Waals surface area contributed by atoms with E-state index in [9.17, 15) is 0 Å². The van der Waals surface area contributed by atoms with Crippen molar-refractivity contribution in [3.05, 3.63) is 16.6 Å². The molecule has 0 radical (unpaired) electrons. The maximum atomic E-state index is 4.91. The van der Waals surface area contributed by atoms with Crippen LogP contribution in [0.5, 0.6) is 0 Å². The zero-order chi connectivity index (χ0) is 6.69. The smallest absolute Gasteiger partial charge is 0.0821 e. The van der Waals surface area contributed by atoms with Gasteiger partial charge in [-0.3, -0.25) is 0 Å². The van der Waals surface area contributed by atoms with Crippen molar-refractivity contribution in [2.24, 2.45) is 0 Å². The molecule has 0 aliphatic heterocycles. The lowest BCUT2D eigenvalue weighted by Gasteiger charge is -1.88. The summed E-state index contributed by atoms with van der Waals surface area (Å²) in [6.45, 7) is 2.67. The second-order valence-corrected chi connectivity index (χ2v) is 2.76. The Labute approximate surface area is 58.6 Å². The van der Waals surface area contributed by atoms with Gasteiger partial charge in [-0.15, -0.1) is 0 Å². The summed E-state index contributed by atoms with van der Waals surface area (Å²) in [6, 6.07) is 2.04. The third kappa shape index (κ3) is 1.77. The molecule has 0 bridgehead atoms. The van der Waals surface area contributed by atoms with Gasteiger partial charge in [-0.1, -0.05) is 0 Å². The molecule has 0 aliphatic carbocycles. The number of hydrogen-bond acceptors (Lipinski definition) is 3. The summed E-state index contributed by atoms with van der Waals surface area (Å²) < 4.78 is 9.01. The molecular weight excluding hydrogens is 134 g/mol. The van der Waals surface area contributed by atoms with E-state index in [-0.39, 0.29) is 0 Å². The van der Waals surface area contributed by atoms with Crippen LogP contribution in [-0.2, 0) is 11.3 Å².